The Balaban J connectivity index is 1.61. The van der Waals surface area contributed by atoms with Gasteiger partial charge in [-0.25, -0.2) is 0 Å². The summed E-state index contributed by atoms with van der Waals surface area (Å²) < 4.78 is 11.1. The lowest BCUT2D eigenvalue weighted by Crippen LogP contribution is -2.38. The Bertz CT molecular complexity index is 822. The second-order valence-electron chi connectivity index (χ2n) is 6.90. The molecule has 1 aromatic carbocycles. The van der Waals surface area contributed by atoms with Gasteiger partial charge in [0.15, 0.2) is 18.1 Å². The number of methoxy groups -OCH3 is 1. The van der Waals surface area contributed by atoms with Crippen molar-refractivity contribution in [1.29, 1.82) is 0 Å². The molecule has 1 aliphatic rings. The number of anilines is 1. The highest BCUT2D eigenvalue weighted by atomic mass is 35.5. The number of benzene rings is 1. The second kappa shape index (κ2) is 10.3. The molecule has 9 nitrogen and oxygen atoms in total. The van der Waals surface area contributed by atoms with Crippen LogP contribution in [0, 0.1) is 0 Å². The number of ether oxygens (including phenoxy) is 2. The summed E-state index contributed by atoms with van der Waals surface area (Å²) in [7, 11) is 1.54. The van der Waals surface area contributed by atoms with Crippen molar-refractivity contribution < 1.29 is 14.3 Å². The quantitative estimate of drug-likeness (QED) is 0.663. The highest BCUT2D eigenvalue weighted by molar-refractivity contribution is 6.32. The molecule has 1 fully saturated rings. The topological polar surface area (TPSA) is 94.4 Å². The first-order chi connectivity index (χ1) is 14.1. The van der Waals surface area contributed by atoms with Crippen LogP contribution in [-0.2, 0) is 17.9 Å². The van der Waals surface area contributed by atoms with E-state index in [2.05, 4.69) is 27.7 Å². The van der Waals surface area contributed by atoms with Gasteiger partial charge in [0.1, 0.15) is 0 Å². The van der Waals surface area contributed by atoms with Gasteiger partial charge < -0.3 is 19.7 Å². The molecule has 29 heavy (non-hydrogen) atoms. The number of amides is 1. The van der Waals surface area contributed by atoms with Gasteiger partial charge in [-0.3, -0.25) is 4.79 Å². The van der Waals surface area contributed by atoms with Gasteiger partial charge in [-0.1, -0.05) is 23.6 Å². The minimum atomic E-state index is -0.0574. The van der Waals surface area contributed by atoms with Crippen molar-refractivity contribution in [3.63, 3.8) is 0 Å². The summed E-state index contributed by atoms with van der Waals surface area (Å²) in [6.07, 6.45) is 4.19. The van der Waals surface area contributed by atoms with E-state index in [1.807, 2.05) is 11.0 Å². The standard InChI is InChI=1S/C19H27ClN6O3/c1-3-7-26-23-19(22-24-26)21-12-14-10-15(20)18(16(11-14)28-2)29-13-17(27)25-8-5-4-6-9-25/h10-11H,3-9,12-13H2,1-2H3,(H,21,23). The third-order valence-corrected chi connectivity index (χ3v) is 4.95. The molecule has 0 radical (unpaired) electrons. The van der Waals surface area contributed by atoms with Crippen LogP contribution < -0.4 is 14.8 Å². The third kappa shape index (κ3) is 5.72. The van der Waals surface area contributed by atoms with E-state index < -0.39 is 0 Å². The molecule has 0 unspecified atom stereocenters. The molecule has 2 aromatic rings. The van der Waals surface area contributed by atoms with Crippen molar-refractivity contribution in [3.8, 4) is 11.5 Å². The predicted octanol–water partition coefficient (Wildman–Crippen LogP) is 2.75. The Morgan fingerprint density at radius 3 is 2.79 bits per heavy atom. The van der Waals surface area contributed by atoms with Crippen molar-refractivity contribution in [2.75, 3.05) is 32.1 Å². The van der Waals surface area contributed by atoms with Crippen LogP contribution in [0.4, 0.5) is 5.95 Å². The summed E-state index contributed by atoms with van der Waals surface area (Å²) in [5.74, 6) is 1.26. The number of carbonyl (C=O) groups is 1. The van der Waals surface area contributed by atoms with Gasteiger partial charge in [-0.2, -0.15) is 4.80 Å². The first-order valence-electron chi connectivity index (χ1n) is 9.89. The van der Waals surface area contributed by atoms with Crippen LogP contribution in [-0.4, -0.2) is 57.8 Å². The Hall–Kier alpha value is -2.55. The summed E-state index contributed by atoms with van der Waals surface area (Å²) in [5.41, 5.74) is 0.869. The van der Waals surface area contributed by atoms with E-state index in [1.54, 1.807) is 18.0 Å². The molecule has 0 spiro atoms. The smallest absolute Gasteiger partial charge is 0.263 e. The molecular formula is C19H27ClN6O3. The van der Waals surface area contributed by atoms with Crippen molar-refractivity contribution in [1.82, 2.24) is 25.1 Å². The largest absolute Gasteiger partial charge is 0.493 e. The zero-order chi connectivity index (χ0) is 20.6. The average molecular weight is 423 g/mol. The molecular weight excluding hydrogens is 396 g/mol. The molecule has 3 rings (SSSR count). The number of aromatic nitrogens is 4. The maximum absolute atomic E-state index is 12.3. The minimum Gasteiger partial charge on any atom is -0.493 e. The number of nitrogens with zero attached hydrogens (tertiary/aromatic N) is 5. The van der Waals surface area contributed by atoms with Crippen LogP contribution in [0.1, 0.15) is 38.2 Å². The normalized spacial score (nSPS) is 14.0. The van der Waals surface area contributed by atoms with Gasteiger partial charge in [0.25, 0.3) is 11.9 Å². The Morgan fingerprint density at radius 2 is 2.07 bits per heavy atom. The van der Waals surface area contributed by atoms with Gasteiger partial charge in [0, 0.05) is 19.6 Å². The molecule has 10 heteroatoms. The number of likely N-dealkylation sites (tertiary alicyclic amines) is 1. The molecule has 1 aromatic heterocycles. The summed E-state index contributed by atoms with van der Waals surface area (Å²) in [4.78, 5) is 15.7. The van der Waals surface area contributed by atoms with E-state index in [9.17, 15) is 4.79 Å². The first kappa shape index (κ1) is 21.2. The SMILES string of the molecule is CCCn1nnc(NCc2cc(Cl)c(OCC(=O)N3CCCCC3)c(OC)c2)n1. The van der Waals surface area contributed by atoms with E-state index in [1.165, 1.54) is 6.42 Å². The molecule has 0 bridgehead atoms. The third-order valence-electron chi connectivity index (χ3n) is 4.67. The molecule has 1 saturated heterocycles. The molecule has 1 aliphatic heterocycles. The number of carbonyl (C=O) groups excluding carboxylic acids is 1. The predicted molar refractivity (Wildman–Crippen MR) is 109 cm³/mol. The number of aryl methyl sites for hydroxylation is 1. The fourth-order valence-corrected chi connectivity index (χ4v) is 3.46. The van der Waals surface area contributed by atoms with Crippen LogP contribution in [0.3, 0.4) is 0 Å². The molecule has 0 saturated carbocycles. The van der Waals surface area contributed by atoms with Gasteiger partial charge in [0.2, 0.25) is 0 Å². The summed E-state index contributed by atoms with van der Waals surface area (Å²) in [6, 6.07) is 3.59. The number of nitrogens with one attached hydrogen (secondary N) is 1. The van der Waals surface area contributed by atoms with Gasteiger partial charge in [-0.15, -0.1) is 5.10 Å². The number of tetrazole rings is 1. The van der Waals surface area contributed by atoms with E-state index in [0.29, 0.717) is 29.0 Å². The fraction of sp³-hybridized carbons (Fsp3) is 0.579. The first-order valence-corrected chi connectivity index (χ1v) is 10.3. The lowest BCUT2D eigenvalue weighted by atomic mass is 10.1. The molecule has 1 amide bonds. The van der Waals surface area contributed by atoms with Crippen molar-refractivity contribution in [2.24, 2.45) is 0 Å². The molecule has 1 N–H and O–H groups in total. The summed E-state index contributed by atoms with van der Waals surface area (Å²) >= 11 is 6.40. The maximum atomic E-state index is 12.3. The number of halogens is 1. The van der Waals surface area contributed by atoms with Gasteiger partial charge in [-0.05, 0) is 48.6 Å². The molecule has 158 valence electrons. The highest BCUT2D eigenvalue weighted by Crippen LogP contribution is 2.36. The van der Waals surface area contributed by atoms with Crippen LogP contribution in [0.2, 0.25) is 5.02 Å². The number of piperidine rings is 1. The van der Waals surface area contributed by atoms with Crippen LogP contribution in [0.5, 0.6) is 11.5 Å². The van der Waals surface area contributed by atoms with E-state index in [4.69, 9.17) is 21.1 Å². The van der Waals surface area contributed by atoms with Crippen LogP contribution >= 0.6 is 11.6 Å². The minimum absolute atomic E-state index is 0.0326. The van der Waals surface area contributed by atoms with Crippen molar-refractivity contribution >= 4 is 23.5 Å². The Morgan fingerprint density at radius 1 is 1.28 bits per heavy atom. The number of hydrogen-bond acceptors (Lipinski definition) is 7. The van der Waals surface area contributed by atoms with Crippen molar-refractivity contribution in [3.05, 3.63) is 22.7 Å². The second-order valence-corrected chi connectivity index (χ2v) is 7.31. The Labute approximate surface area is 175 Å². The number of hydrogen-bond donors (Lipinski definition) is 1. The molecule has 2 heterocycles. The van der Waals surface area contributed by atoms with E-state index in [-0.39, 0.29) is 12.5 Å². The number of rotatable bonds is 9. The van der Waals surface area contributed by atoms with Gasteiger partial charge in [0.05, 0.1) is 18.7 Å². The lowest BCUT2D eigenvalue weighted by Gasteiger charge is -2.26. The van der Waals surface area contributed by atoms with Crippen molar-refractivity contribution in [2.45, 2.75) is 45.7 Å². The monoisotopic (exact) mass is 422 g/mol. The van der Waals surface area contributed by atoms with Crippen LogP contribution in [0.15, 0.2) is 12.1 Å². The summed E-state index contributed by atoms with van der Waals surface area (Å²) in [5, 5.41) is 15.7. The average Bonchev–Trinajstić information content (AvgIpc) is 3.19. The fourth-order valence-electron chi connectivity index (χ4n) is 3.17. The van der Waals surface area contributed by atoms with Crippen LogP contribution in [0.25, 0.3) is 0 Å². The zero-order valence-electron chi connectivity index (χ0n) is 16.9. The summed E-state index contributed by atoms with van der Waals surface area (Å²) in [6.45, 7) is 4.73. The molecule has 0 atom stereocenters. The highest BCUT2D eigenvalue weighted by Gasteiger charge is 2.19. The Kier molecular flexibility index (Phi) is 7.51. The van der Waals surface area contributed by atoms with E-state index in [0.717, 1.165) is 44.5 Å². The van der Waals surface area contributed by atoms with E-state index >= 15 is 0 Å². The molecule has 0 aliphatic carbocycles. The lowest BCUT2D eigenvalue weighted by molar-refractivity contribution is -0.134. The maximum Gasteiger partial charge on any atom is 0.263 e. The van der Waals surface area contributed by atoms with Gasteiger partial charge >= 0.3 is 0 Å². The zero-order valence-corrected chi connectivity index (χ0v) is 17.6.